The Labute approximate surface area is 86.9 Å². The third-order valence-corrected chi connectivity index (χ3v) is 2.22. The predicted octanol–water partition coefficient (Wildman–Crippen LogP) is 2.83. The Balaban J connectivity index is 2.53. The molecule has 1 N–H and O–H groups in total. The molecule has 0 bridgehead atoms. The van der Waals surface area contributed by atoms with E-state index >= 15 is 0 Å². The fraction of sp³-hybridized carbons (Fsp3) is 0.182. The first kappa shape index (κ1) is 9.71. The molecule has 1 heterocycles. The van der Waals surface area contributed by atoms with E-state index in [-0.39, 0.29) is 5.82 Å². The largest absolute Gasteiger partial charge is 0.445 e. The standard InChI is InChI=1S/C11H11FN2O/c1-7-5-8(11-14-3-4-15-11)6-9(12)10(7)13-2/h3-6,13H,1-2H3. The van der Waals surface area contributed by atoms with Crippen LogP contribution in [0.4, 0.5) is 10.1 Å². The topological polar surface area (TPSA) is 38.1 Å². The molecular weight excluding hydrogens is 195 g/mol. The first-order valence-electron chi connectivity index (χ1n) is 4.60. The second kappa shape index (κ2) is 3.73. The molecule has 3 nitrogen and oxygen atoms in total. The van der Waals surface area contributed by atoms with E-state index in [0.29, 0.717) is 17.1 Å². The van der Waals surface area contributed by atoms with E-state index in [2.05, 4.69) is 10.3 Å². The highest BCUT2D eigenvalue weighted by Gasteiger charge is 2.10. The average molecular weight is 206 g/mol. The van der Waals surface area contributed by atoms with Gasteiger partial charge in [-0.15, -0.1) is 0 Å². The number of nitrogens with zero attached hydrogens (tertiary/aromatic N) is 1. The lowest BCUT2D eigenvalue weighted by Gasteiger charge is -2.07. The maximum Gasteiger partial charge on any atom is 0.225 e. The molecular formula is C11H11FN2O. The fourth-order valence-corrected chi connectivity index (χ4v) is 1.55. The number of halogens is 1. The molecule has 2 aromatic rings. The van der Waals surface area contributed by atoms with Gasteiger partial charge in [0.05, 0.1) is 11.9 Å². The Hall–Kier alpha value is -1.84. The van der Waals surface area contributed by atoms with Crippen LogP contribution in [-0.4, -0.2) is 12.0 Å². The third-order valence-electron chi connectivity index (χ3n) is 2.22. The minimum atomic E-state index is -0.300. The highest BCUT2D eigenvalue weighted by atomic mass is 19.1. The Morgan fingerprint density at radius 2 is 2.20 bits per heavy atom. The molecule has 0 saturated heterocycles. The molecule has 15 heavy (non-hydrogen) atoms. The number of hydrogen-bond acceptors (Lipinski definition) is 3. The summed E-state index contributed by atoms with van der Waals surface area (Å²) in [6.07, 6.45) is 3.00. The number of hydrogen-bond donors (Lipinski definition) is 1. The van der Waals surface area contributed by atoms with Crippen molar-refractivity contribution in [3.8, 4) is 11.5 Å². The van der Waals surface area contributed by atoms with Gasteiger partial charge in [-0.3, -0.25) is 0 Å². The average Bonchev–Trinajstić information content (AvgIpc) is 2.69. The molecule has 0 fully saturated rings. The molecule has 2 rings (SSSR count). The maximum absolute atomic E-state index is 13.6. The highest BCUT2D eigenvalue weighted by molar-refractivity contribution is 5.63. The smallest absolute Gasteiger partial charge is 0.225 e. The summed E-state index contributed by atoms with van der Waals surface area (Å²) in [7, 11) is 1.69. The van der Waals surface area contributed by atoms with Crippen LogP contribution in [0.15, 0.2) is 29.0 Å². The van der Waals surface area contributed by atoms with Gasteiger partial charge in [-0.1, -0.05) is 0 Å². The Bertz CT molecular complexity index is 442. The second-order valence-corrected chi connectivity index (χ2v) is 3.24. The van der Waals surface area contributed by atoms with Gasteiger partial charge in [0, 0.05) is 12.6 Å². The molecule has 1 aromatic heterocycles. The van der Waals surface area contributed by atoms with Crippen molar-refractivity contribution < 1.29 is 8.81 Å². The minimum absolute atomic E-state index is 0.300. The summed E-state index contributed by atoms with van der Waals surface area (Å²) in [4.78, 5) is 3.97. The Morgan fingerprint density at radius 1 is 1.40 bits per heavy atom. The van der Waals surface area contributed by atoms with Crippen molar-refractivity contribution in [2.24, 2.45) is 0 Å². The van der Waals surface area contributed by atoms with E-state index in [1.165, 1.54) is 18.5 Å². The van der Waals surface area contributed by atoms with Gasteiger partial charge in [-0.05, 0) is 24.6 Å². The van der Waals surface area contributed by atoms with Crippen molar-refractivity contribution in [1.82, 2.24) is 4.98 Å². The highest BCUT2D eigenvalue weighted by Crippen LogP contribution is 2.26. The van der Waals surface area contributed by atoms with Crippen molar-refractivity contribution in [2.45, 2.75) is 6.92 Å². The van der Waals surface area contributed by atoms with Crippen LogP contribution in [0, 0.1) is 12.7 Å². The van der Waals surface area contributed by atoms with Crippen LogP contribution in [0.3, 0.4) is 0 Å². The summed E-state index contributed by atoms with van der Waals surface area (Å²) in [5, 5.41) is 2.81. The van der Waals surface area contributed by atoms with Gasteiger partial charge in [0.15, 0.2) is 0 Å². The summed E-state index contributed by atoms with van der Waals surface area (Å²) < 4.78 is 18.7. The Kier molecular flexibility index (Phi) is 2.41. The van der Waals surface area contributed by atoms with E-state index in [9.17, 15) is 4.39 Å². The summed E-state index contributed by atoms with van der Waals surface area (Å²) in [6, 6.07) is 3.24. The van der Waals surface area contributed by atoms with Crippen molar-refractivity contribution in [3.05, 3.63) is 36.0 Å². The van der Waals surface area contributed by atoms with E-state index in [0.717, 1.165) is 5.56 Å². The number of oxazole rings is 1. The minimum Gasteiger partial charge on any atom is -0.445 e. The first-order valence-corrected chi connectivity index (χ1v) is 4.60. The zero-order valence-electron chi connectivity index (χ0n) is 8.54. The zero-order chi connectivity index (χ0) is 10.8. The van der Waals surface area contributed by atoms with Gasteiger partial charge in [0.25, 0.3) is 0 Å². The Morgan fingerprint density at radius 3 is 2.73 bits per heavy atom. The molecule has 78 valence electrons. The molecule has 0 unspecified atom stereocenters. The number of benzene rings is 1. The van der Waals surface area contributed by atoms with Crippen LogP contribution in [-0.2, 0) is 0 Å². The van der Waals surface area contributed by atoms with Crippen molar-refractivity contribution >= 4 is 5.69 Å². The molecule has 0 aliphatic heterocycles. The van der Waals surface area contributed by atoms with Crippen LogP contribution < -0.4 is 5.32 Å². The predicted molar refractivity (Wildman–Crippen MR) is 56.2 cm³/mol. The number of nitrogens with one attached hydrogen (secondary N) is 1. The van der Waals surface area contributed by atoms with Gasteiger partial charge in [0.1, 0.15) is 12.1 Å². The second-order valence-electron chi connectivity index (χ2n) is 3.24. The molecule has 4 heteroatoms. The van der Waals surface area contributed by atoms with Gasteiger partial charge in [-0.25, -0.2) is 9.37 Å². The van der Waals surface area contributed by atoms with E-state index in [4.69, 9.17) is 4.42 Å². The van der Waals surface area contributed by atoms with Gasteiger partial charge >= 0.3 is 0 Å². The lowest BCUT2D eigenvalue weighted by Crippen LogP contribution is -1.96. The van der Waals surface area contributed by atoms with E-state index in [1.54, 1.807) is 7.05 Å². The van der Waals surface area contributed by atoms with E-state index in [1.807, 2.05) is 13.0 Å². The molecule has 0 saturated carbocycles. The maximum atomic E-state index is 13.6. The summed E-state index contributed by atoms with van der Waals surface area (Å²) in [5.74, 6) is 0.130. The van der Waals surface area contributed by atoms with Crippen LogP contribution in [0.5, 0.6) is 0 Å². The van der Waals surface area contributed by atoms with Gasteiger partial charge in [-0.2, -0.15) is 0 Å². The first-order chi connectivity index (χ1) is 7.22. The molecule has 0 spiro atoms. The van der Waals surface area contributed by atoms with Crippen LogP contribution >= 0.6 is 0 Å². The van der Waals surface area contributed by atoms with Crippen molar-refractivity contribution in [1.29, 1.82) is 0 Å². The lowest BCUT2D eigenvalue weighted by molar-refractivity contribution is 0.572. The number of rotatable bonds is 2. The van der Waals surface area contributed by atoms with Crippen molar-refractivity contribution in [3.63, 3.8) is 0 Å². The summed E-state index contributed by atoms with van der Waals surface area (Å²) >= 11 is 0. The molecule has 0 atom stereocenters. The molecule has 0 aliphatic rings. The number of aromatic nitrogens is 1. The van der Waals surface area contributed by atoms with Gasteiger partial charge < -0.3 is 9.73 Å². The lowest BCUT2D eigenvalue weighted by atomic mass is 10.1. The fourth-order valence-electron chi connectivity index (χ4n) is 1.55. The van der Waals surface area contributed by atoms with Crippen molar-refractivity contribution in [2.75, 3.05) is 12.4 Å². The normalized spacial score (nSPS) is 10.3. The quantitative estimate of drug-likeness (QED) is 0.821. The van der Waals surface area contributed by atoms with Crippen LogP contribution in [0.25, 0.3) is 11.5 Å². The number of anilines is 1. The molecule has 0 amide bonds. The molecule has 1 aromatic carbocycles. The summed E-state index contributed by atoms with van der Waals surface area (Å²) in [5.41, 5.74) is 1.98. The SMILES string of the molecule is CNc1c(C)cc(-c2ncco2)cc1F. The number of aryl methyl sites for hydroxylation is 1. The summed E-state index contributed by atoms with van der Waals surface area (Å²) in [6.45, 7) is 1.83. The molecule has 0 radical (unpaired) electrons. The monoisotopic (exact) mass is 206 g/mol. The van der Waals surface area contributed by atoms with E-state index < -0.39 is 0 Å². The van der Waals surface area contributed by atoms with Gasteiger partial charge in [0.2, 0.25) is 5.89 Å². The third kappa shape index (κ3) is 1.70. The zero-order valence-corrected chi connectivity index (χ0v) is 8.54. The van der Waals surface area contributed by atoms with Crippen LogP contribution in [0.1, 0.15) is 5.56 Å². The molecule has 0 aliphatic carbocycles. The van der Waals surface area contributed by atoms with Crippen LogP contribution in [0.2, 0.25) is 0 Å².